The molecule has 1 aromatic rings. The quantitative estimate of drug-likeness (QED) is 0.809. The first-order valence-electron chi connectivity index (χ1n) is 7.86. The molecule has 21 heavy (non-hydrogen) atoms. The normalized spacial score (nSPS) is 18.0. The van der Waals surface area contributed by atoms with E-state index < -0.39 is 5.60 Å². The summed E-state index contributed by atoms with van der Waals surface area (Å²) < 4.78 is 6.95. The number of hydrogen-bond donors (Lipinski definition) is 2. The molecule has 1 aromatic carbocycles. The fraction of sp³-hybridized carbons (Fsp3) is 0.647. The Hall–Kier alpha value is -0.580. The topological polar surface area (TPSA) is 41.5 Å². The van der Waals surface area contributed by atoms with E-state index in [1.165, 1.54) is 6.42 Å². The van der Waals surface area contributed by atoms with Crippen LogP contribution in [0.25, 0.3) is 0 Å². The van der Waals surface area contributed by atoms with Gasteiger partial charge in [-0.1, -0.05) is 45.2 Å². The maximum absolute atomic E-state index is 10.6. The molecular weight excluding hydrogens is 330 g/mol. The van der Waals surface area contributed by atoms with Crippen LogP contribution in [-0.2, 0) is 6.54 Å². The average molecular weight is 356 g/mol. The number of nitrogens with one attached hydrogen (secondary N) is 1. The van der Waals surface area contributed by atoms with Crippen LogP contribution in [0.5, 0.6) is 5.75 Å². The highest BCUT2D eigenvalue weighted by Crippen LogP contribution is 2.33. The maximum atomic E-state index is 10.6. The average Bonchev–Trinajstić information content (AvgIpc) is 2.45. The van der Waals surface area contributed by atoms with Crippen molar-refractivity contribution in [2.45, 2.75) is 64.1 Å². The second-order valence-electron chi connectivity index (χ2n) is 6.34. The largest absolute Gasteiger partial charge is 0.489 e. The Bertz CT molecular complexity index is 456. The smallest absolute Gasteiger partial charge is 0.138 e. The summed E-state index contributed by atoms with van der Waals surface area (Å²) in [5, 5.41) is 14.0. The summed E-state index contributed by atoms with van der Waals surface area (Å²) in [6, 6.07) is 6.50. The van der Waals surface area contributed by atoms with Crippen molar-refractivity contribution in [2.75, 3.05) is 6.61 Å². The molecule has 0 saturated heterocycles. The minimum absolute atomic E-state index is 0.379. The van der Waals surface area contributed by atoms with Crippen LogP contribution in [0.3, 0.4) is 0 Å². The zero-order valence-corrected chi connectivity index (χ0v) is 14.6. The van der Waals surface area contributed by atoms with Crippen LogP contribution >= 0.6 is 15.9 Å². The molecule has 2 rings (SSSR count). The van der Waals surface area contributed by atoms with Gasteiger partial charge in [0, 0.05) is 18.2 Å². The molecule has 0 bridgehead atoms. The number of para-hydroxylation sites is 1. The van der Waals surface area contributed by atoms with Crippen molar-refractivity contribution >= 4 is 15.9 Å². The minimum atomic E-state index is -0.656. The van der Waals surface area contributed by atoms with Gasteiger partial charge in [-0.3, -0.25) is 0 Å². The van der Waals surface area contributed by atoms with Gasteiger partial charge in [-0.05, 0) is 34.8 Å². The molecule has 0 amide bonds. The second kappa shape index (κ2) is 7.61. The molecule has 0 heterocycles. The SMILES string of the molecule is CC(C)NCc1cccc(Br)c1OCC1(O)CCCCC1. The molecule has 3 nitrogen and oxygen atoms in total. The van der Waals surface area contributed by atoms with Gasteiger partial charge in [0.1, 0.15) is 12.4 Å². The van der Waals surface area contributed by atoms with Crippen LogP contribution in [0, 0.1) is 0 Å². The molecule has 2 N–H and O–H groups in total. The molecule has 1 saturated carbocycles. The molecule has 1 aliphatic rings. The molecule has 1 fully saturated rings. The van der Waals surface area contributed by atoms with E-state index in [4.69, 9.17) is 4.74 Å². The first kappa shape index (κ1) is 16.8. The molecule has 0 aromatic heterocycles. The van der Waals surface area contributed by atoms with Crippen LogP contribution in [-0.4, -0.2) is 23.4 Å². The highest BCUT2D eigenvalue weighted by Gasteiger charge is 2.30. The molecule has 0 aliphatic heterocycles. The summed E-state index contributed by atoms with van der Waals surface area (Å²) in [5.41, 5.74) is 0.466. The predicted molar refractivity (Wildman–Crippen MR) is 89.6 cm³/mol. The number of hydrogen-bond acceptors (Lipinski definition) is 3. The van der Waals surface area contributed by atoms with Crippen LogP contribution < -0.4 is 10.1 Å². The molecular formula is C17H26BrNO2. The maximum Gasteiger partial charge on any atom is 0.138 e. The van der Waals surface area contributed by atoms with Crippen molar-refractivity contribution in [3.63, 3.8) is 0 Å². The third kappa shape index (κ3) is 4.97. The Balaban J connectivity index is 2.04. The molecule has 0 radical (unpaired) electrons. The van der Waals surface area contributed by atoms with Crippen LogP contribution in [0.15, 0.2) is 22.7 Å². The summed E-state index contributed by atoms with van der Waals surface area (Å²) >= 11 is 3.56. The highest BCUT2D eigenvalue weighted by molar-refractivity contribution is 9.10. The van der Waals surface area contributed by atoms with Gasteiger partial charge in [0.05, 0.1) is 10.1 Å². The van der Waals surface area contributed by atoms with Crippen molar-refractivity contribution in [1.82, 2.24) is 5.32 Å². The lowest BCUT2D eigenvalue weighted by Gasteiger charge is -2.32. The lowest BCUT2D eigenvalue weighted by molar-refractivity contribution is -0.0343. The summed E-state index contributed by atoms with van der Waals surface area (Å²) in [5.74, 6) is 0.852. The summed E-state index contributed by atoms with van der Waals surface area (Å²) in [6.45, 7) is 5.40. The van der Waals surface area contributed by atoms with E-state index >= 15 is 0 Å². The van der Waals surface area contributed by atoms with Gasteiger partial charge in [-0.2, -0.15) is 0 Å². The Labute approximate surface area is 136 Å². The minimum Gasteiger partial charge on any atom is -0.489 e. The first-order valence-corrected chi connectivity index (χ1v) is 8.65. The van der Waals surface area contributed by atoms with E-state index in [-0.39, 0.29) is 0 Å². The Morgan fingerprint density at radius 1 is 1.29 bits per heavy atom. The van der Waals surface area contributed by atoms with Crippen molar-refractivity contribution < 1.29 is 9.84 Å². The summed E-state index contributed by atoms with van der Waals surface area (Å²) in [6.07, 6.45) is 5.10. The van der Waals surface area contributed by atoms with E-state index in [2.05, 4.69) is 41.2 Å². The van der Waals surface area contributed by atoms with Crippen molar-refractivity contribution in [2.24, 2.45) is 0 Å². The third-order valence-corrected chi connectivity index (χ3v) is 4.64. The number of aliphatic hydroxyl groups is 1. The number of halogens is 1. The van der Waals surface area contributed by atoms with Gasteiger partial charge in [-0.25, -0.2) is 0 Å². The fourth-order valence-electron chi connectivity index (χ4n) is 2.73. The number of benzene rings is 1. The van der Waals surface area contributed by atoms with Gasteiger partial charge in [-0.15, -0.1) is 0 Å². The van der Waals surface area contributed by atoms with Crippen molar-refractivity contribution in [3.8, 4) is 5.75 Å². The van der Waals surface area contributed by atoms with E-state index in [0.29, 0.717) is 12.6 Å². The first-order chi connectivity index (χ1) is 10.0. The van der Waals surface area contributed by atoms with E-state index in [9.17, 15) is 5.11 Å². The molecule has 0 spiro atoms. The van der Waals surface area contributed by atoms with Gasteiger partial charge >= 0.3 is 0 Å². The number of ether oxygens (including phenoxy) is 1. The number of rotatable bonds is 6. The zero-order valence-electron chi connectivity index (χ0n) is 13.0. The summed E-state index contributed by atoms with van der Waals surface area (Å²) in [4.78, 5) is 0. The second-order valence-corrected chi connectivity index (χ2v) is 7.19. The monoisotopic (exact) mass is 355 g/mol. The molecule has 1 aliphatic carbocycles. The lowest BCUT2D eigenvalue weighted by atomic mass is 9.85. The fourth-order valence-corrected chi connectivity index (χ4v) is 3.25. The molecule has 118 valence electrons. The summed E-state index contributed by atoms with van der Waals surface area (Å²) in [7, 11) is 0. The van der Waals surface area contributed by atoms with Crippen LogP contribution in [0.2, 0.25) is 0 Å². The Kier molecular flexibility index (Phi) is 6.08. The van der Waals surface area contributed by atoms with Crippen molar-refractivity contribution in [3.05, 3.63) is 28.2 Å². The van der Waals surface area contributed by atoms with Gasteiger partial charge in [0.15, 0.2) is 0 Å². The van der Waals surface area contributed by atoms with Gasteiger partial charge in [0.2, 0.25) is 0 Å². The van der Waals surface area contributed by atoms with E-state index in [0.717, 1.165) is 48.0 Å². The highest BCUT2D eigenvalue weighted by atomic mass is 79.9. The molecule has 4 heteroatoms. The third-order valence-electron chi connectivity index (χ3n) is 4.02. The Morgan fingerprint density at radius 3 is 2.67 bits per heavy atom. The van der Waals surface area contributed by atoms with E-state index in [1.54, 1.807) is 0 Å². The molecule has 0 atom stereocenters. The predicted octanol–water partition coefficient (Wildman–Crippen LogP) is 4.02. The molecule has 0 unspecified atom stereocenters. The van der Waals surface area contributed by atoms with Crippen molar-refractivity contribution in [1.29, 1.82) is 0 Å². The Morgan fingerprint density at radius 2 is 2.00 bits per heavy atom. The van der Waals surface area contributed by atoms with Gasteiger partial charge < -0.3 is 15.2 Å². The van der Waals surface area contributed by atoms with E-state index in [1.807, 2.05) is 12.1 Å². The lowest BCUT2D eigenvalue weighted by Crippen LogP contribution is -2.38. The van der Waals surface area contributed by atoms with Crippen LogP contribution in [0.4, 0.5) is 0 Å². The standard InChI is InChI=1S/C17H26BrNO2/c1-13(2)19-11-14-7-6-8-15(18)16(14)21-12-17(20)9-4-3-5-10-17/h6-8,13,19-20H,3-5,9-12H2,1-2H3. The zero-order chi connectivity index (χ0) is 15.3. The van der Waals surface area contributed by atoms with Crippen LogP contribution in [0.1, 0.15) is 51.5 Å². The van der Waals surface area contributed by atoms with Gasteiger partial charge in [0.25, 0.3) is 0 Å².